The molecule has 2 heterocycles. The number of non-ortho nitro benzene ring substituents is 1. The largest absolute Gasteiger partial charge is 0.480 e. The highest BCUT2D eigenvalue weighted by Crippen LogP contribution is 2.46. The Hall–Kier alpha value is -3.89. The van der Waals surface area contributed by atoms with E-state index in [0.717, 1.165) is 16.5 Å². The SMILES string of the molecule is CC(O)C1(C(=O)O)NC(/C=C/c2ccccc2)C2C(=O)N(c3cccc([N+](=O)[O-])c3)C(=O)C21. The number of amides is 2. The van der Waals surface area contributed by atoms with Crippen molar-refractivity contribution in [1.29, 1.82) is 0 Å². The van der Waals surface area contributed by atoms with E-state index in [-0.39, 0.29) is 11.4 Å². The average Bonchev–Trinajstić information content (AvgIpc) is 3.27. The number of carbonyl (C=O) groups excluding carboxylic acids is 2. The van der Waals surface area contributed by atoms with Gasteiger partial charge in [-0.15, -0.1) is 0 Å². The first-order valence-electron chi connectivity index (χ1n) is 10.2. The second-order valence-corrected chi connectivity index (χ2v) is 8.08. The predicted molar refractivity (Wildman–Crippen MR) is 117 cm³/mol. The zero-order chi connectivity index (χ0) is 23.9. The maximum atomic E-state index is 13.4. The van der Waals surface area contributed by atoms with Crippen LogP contribution in [0, 0.1) is 22.0 Å². The molecule has 5 unspecified atom stereocenters. The number of fused-ring (bicyclic) bond motifs is 1. The lowest BCUT2D eigenvalue weighted by Gasteiger charge is -2.33. The quantitative estimate of drug-likeness (QED) is 0.340. The minimum Gasteiger partial charge on any atom is -0.480 e. The van der Waals surface area contributed by atoms with Crippen LogP contribution in [0.15, 0.2) is 60.7 Å². The van der Waals surface area contributed by atoms with Gasteiger partial charge in [-0.3, -0.25) is 29.8 Å². The minimum absolute atomic E-state index is 0.0238. The van der Waals surface area contributed by atoms with Gasteiger partial charge in [-0.1, -0.05) is 48.6 Å². The fourth-order valence-electron chi connectivity index (χ4n) is 4.69. The third-order valence-corrected chi connectivity index (χ3v) is 6.24. The molecule has 2 fully saturated rings. The Morgan fingerprint density at radius 1 is 1.18 bits per heavy atom. The third-order valence-electron chi connectivity index (χ3n) is 6.24. The molecule has 33 heavy (non-hydrogen) atoms. The van der Waals surface area contributed by atoms with Gasteiger partial charge in [-0.25, -0.2) is 4.90 Å². The molecule has 0 saturated carbocycles. The molecule has 4 rings (SSSR count). The number of anilines is 1. The highest BCUT2D eigenvalue weighted by atomic mass is 16.6. The van der Waals surface area contributed by atoms with Gasteiger partial charge in [0.25, 0.3) is 5.69 Å². The number of hydrogen-bond donors (Lipinski definition) is 3. The van der Waals surface area contributed by atoms with Crippen LogP contribution in [-0.4, -0.2) is 50.6 Å². The van der Waals surface area contributed by atoms with Crippen LogP contribution in [0.25, 0.3) is 6.08 Å². The summed E-state index contributed by atoms with van der Waals surface area (Å²) < 4.78 is 0. The molecule has 170 valence electrons. The zero-order valence-electron chi connectivity index (χ0n) is 17.5. The molecular formula is C23H21N3O7. The number of aliphatic carboxylic acids is 1. The van der Waals surface area contributed by atoms with Gasteiger partial charge in [0.15, 0.2) is 5.54 Å². The van der Waals surface area contributed by atoms with Gasteiger partial charge in [-0.2, -0.15) is 0 Å². The van der Waals surface area contributed by atoms with Crippen LogP contribution in [0.2, 0.25) is 0 Å². The highest BCUT2D eigenvalue weighted by Gasteiger charge is 2.69. The van der Waals surface area contributed by atoms with Gasteiger partial charge >= 0.3 is 5.97 Å². The molecule has 2 saturated heterocycles. The molecular weight excluding hydrogens is 430 g/mol. The molecule has 0 spiro atoms. The third kappa shape index (κ3) is 3.49. The van der Waals surface area contributed by atoms with Gasteiger partial charge in [-0.05, 0) is 18.6 Å². The minimum atomic E-state index is -2.11. The Kier molecular flexibility index (Phi) is 5.56. The monoisotopic (exact) mass is 451 g/mol. The van der Waals surface area contributed by atoms with Crippen LogP contribution in [-0.2, 0) is 14.4 Å². The van der Waals surface area contributed by atoms with E-state index in [9.17, 15) is 34.7 Å². The number of rotatable bonds is 6. The fraction of sp³-hybridized carbons (Fsp3) is 0.261. The van der Waals surface area contributed by atoms with Gasteiger partial charge in [0.05, 0.1) is 28.6 Å². The summed E-state index contributed by atoms with van der Waals surface area (Å²) in [6.45, 7) is 1.25. The van der Waals surface area contributed by atoms with Crippen molar-refractivity contribution >= 4 is 35.2 Å². The van der Waals surface area contributed by atoms with Crippen LogP contribution < -0.4 is 10.2 Å². The number of hydrogen-bond acceptors (Lipinski definition) is 7. The number of nitrogens with one attached hydrogen (secondary N) is 1. The Morgan fingerprint density at radius 2 is 1.88 bits per heavy atom. The summed E-state index contributed by atoms with van der Waals surface area (Å²) in [6.07, 6.45) is 1.78. The average molecular weight is 451 g/mol. The van der Waals surface area contributed by atoms with Gasteiger partial charge < -0.3 is 10.2 Å². The lowest BCUT2D eigenvalue weighted by atomic mass is 9.77. The molecule has 2 aliphatic rings. The topological polar surface area (TPSA) is 150 Å². The number of aliphatic hydroxyl groups excluding tert-OH is 1. The number of carboxylic acids is 1. The highest BCUT2D eigenvalue weighted by molar-refractivity contribution is 6.24. The number of nitro benzene ring substituents is 1. The smallest absolute Gasteiger partial charge is 0.327 e. The second-order valence-electron chi connectivity index (χ2n) is 8.08. The van der Waals surface area contributed by atoms with E-state index in [4.69, 9.17) is 0 Å². The lowest BCUT2D eigenvalue weighted by Crippen LogP contribution is -2.63. The predicted octanol–water partition coefficient (Wildman–Crippen LogP) is 1.59. The maximum Gasteiger partial charge on any atom is 0.327 e. The number of carbonyl (C=O) groups is 3. The number of aliphatic hydroxyl groups is 1. The van der Waals surface area contributed by atoms with Gasteiger partial charge in [0.2, 0.25) is 11.8 Å². The van der Waals surface area contributed by atoms with E-state index >= 15 is 0 Å². The zero-order valence-corrected chi connectivity index (χ0v) is 17.5. The summed E-state index contributed by atoms with van der Waals surface area (Å²) in [5.41, 5.74) is -1.65. The summed E-state index contributed by atoms with van der Waals surface area (Å²) in [5, 5.41) is 34.5. The molecule has 0 bridgehead atoms. The molecule has 0 radical (unpaired) electrons. The first-order chi connectivity index (χ1) is 15.7. The molecule has 10 heteroatoms. The van der Waals surface area contributed by atoms with Crippen molar-refractivity contribution in [2.45, 2.75) is 24.6 Å². The Bertz CT molecular complexity index is 1160. The maximum absolute atomic E-state index is 13.4. The number of benzene rings is 2. The van der Waals surface area contributed by atoms with Gasteiger partial charge in [0.1, 0.15) is 0 Å². The normalized spacial score (nSPS) is 27.7. The van der Waals surface area contributed by atoms with E-state index in [2.05, 4.69) is 5.32 Å². The molecule has 0 aliphatic carbocycles. The van der Waals surface area contributed by atoms with E-state index in [1.54, 1.807) is 12.2 Å². The first-order valence-corrected chi connectivity index (χ1v) is 10.2. The summed E-state index contributed by atoms with van der Waals surface area (Å²) in [6, 6.07) is 13.2. The van der Waals surface area contributed by atoms with Crippen molar-refractivity contribution in [3.8, 4) is 0 Å². The van der Waals surface area contributed by atoms with Crippen molar-refractivity contribution in [2.75, 3.05) is 4.90 Å². The molecule has 3 N–H and O–H groups in total. The summed E-state index contributed by atoms with van der Waals surface area (Å²) >= 11 is 0. The van der Waals surface area contributed by atoms with Crippen LogP contribution in [0.4, 0.5) is 11.4 Å². The molecule has 5 atom stereocenters. The van der Waals surface area contributed by atoms with Gasteiger partial charge in [0, 0.05) is 18.2 Å². The van der Waals surface area contributed by atoms with Crippen molar-refractivity contribution in [2.24, 2.45) is 11.8 Å². The van der Waals surface area contributed by atoms with Crippen molar-refractivity contribution < 1.29 is 29.5 Å². The van der Waals surface area contributed by atoms with E-state index in [1.165, 1.54) is 25.1 Å². The van der Waals surface area contributed by atoms with E-state index < -0.39 is 52.2 Å². The number of nitro groups is 1. The van der Waals surface area contributed by atoms with Crippen molar-refractivity contribution in [1.82, 2.24) is 5.32 Å². The van der Waals surface area contributed by atoms with Crippen LogP contribution in [0.1, 0.15) is 12.5 Å². The van der Waals surface area contributed by atoms with Crippen molar-refractivity contribution in [3.63, 3.8) is 0 Å². The molecule has 0 aromatic heterocycles. The lowest BCUT2D eigenvalue weighted by molar-refractivity contribution is -0.384. The van der Waals surface area contributed by atoms with E-state index in [0.29, 0.717) is 0 Å². The fourth-order valence-corrected chi connectivity index (χ4v) is 4.69. The molecule has 10 nitrogen and oxygen atoms in total. The molecule has 2 aliphatic heterocycles. The van der Waals surface area contributed by atoms with Crippen LogP contribution in [0.5, 0.6) is 0 Å². The summed E-state index contributed by atoms with van der Waals surface area (Å²) in [5.74, 6) is -5.53. The molecule has 2 aromatic rings. The van der Waals surface area contributed by atoms with E-state index in [1.807, 2.05) is 30.3 Å². The van der Waals surface area contributed by atoms with Crippen LogP contribution in [0.3, 0.4) is 0 Å². The first kappa shape index (κ1) is 22.3. The standard InChI is InChI=1S/C23H21N3O7/c1-13(27)23(22(30)31)19-18(17(24-23)11-10-14-6-3-2-4-7-14)20(28)25(21(19)29)15-8-5-9-16(12-15)26(32)33/h2-13,17-19,24,27H,1H3,(H,30,31)/b11-10+. The Balaban J connectivity index is 1.80. The molecule has 2 aromatic carbocycles. The number of carboxylic acid groups (broad SMARTS) is 1. The number of nitrogens with zero attached hydrogens (tertiary/aromatic N) is 2. The molecule has 2 amide bonds. The van der Waals surface area contributed by atoms with Crippen LogP contribution >= 0.6 is 0 Å². The van der Waals surface area contributed by atoms with Crippen molar-refractivity contribution in [3.05, 3.63) is 76.4 Å². The number of imide groups is 1. The summed E-state index contributed by atoms with van der Waals surface area (Å²) in [7, 11) is 0. The Labute approximate surface area is 188 Å². The summed E-state index contributed by atoms with van der Waals surface area (Å²) in [4.78, 5) is 50.5. The second kappa shape index (κ2) is 8.23. The Morgan fingerprint density at radius 3 is 2.48 bits per heavy atom.